The maximum absolute atomic E-state index is 4.38. The fourth-order valence-electron chi connectivity index (χ4n) is 1.58. The molecule has 3 nitrogen and oxygen atoms in total. The lowest BCUT2D eigenvalue weighted by molar-refractivity contribution is 0.567. The molecule has 0 unspecified atom stereocenters. The minimum Gasteiger partial charge on any atom is -0.305 e. The normalized spacial score (nSPS) is 12.4. The van der Waals surface area contributed by atoms with Gasteiger partial charge in [-0.25, -0.2) is 4.98 Å². The number of halogens is 1. The van der Waals surface area contributed by atoms with Gasteiger partial charge in [-0.05, 0) is 52.7 Å². The van der Waals surface area contributed by atoms with E-state index in [1.165, 1.54) is 5.56 Å². The van der Waals surface area contributed by atoms with Crippen LogP contribution in [0.15, 0.2) is 47.3 Å². The average Bonchev–Trinajstić information content (AvgIpc) is 2.37. The lowest BCUT2D eigenvalue weighted by atomic mass is 10.1. The Labute approximate surface area is 109 Å². The Morgan fingerprint density at radius 2 is 2.00 bits per heavy atom. The van der Waals surface area contributed by atoms with Crippen LogP contribution in [0.5, 0.6) is 0 Å². The van der Waals surface area contributed by atoms with Crippen LogP contribution in [0.2, 0.25) is 0 Å². The van der Waals surface area contributed by atoms with Crippen molar-refractivity contribution in [2.45, 2.75) is 19.5 Å². The highest BCUT2D eigenvalue weighted by atomic mass is 79.9. The Hall–Kier alpha value is -1.26. The molecule has 0 amide bonds. The van der Waals surface area contributed by atoms with Gasteiger partial charge in [-0.2, -0.15) is 0 Å². The molecule has 0 saturated carbocycles. The van der Waals surface area contributed by atoms with Crippen LogP contribution in [0.3, 0.4) is 0 Å². The van der Waals surface area contributed by atoms with Gasteiger partial charge >= 0.3 is 0 Å². The molecule has 0 saturated heterocycles. The monoisotopic (exact) mass is 291 g/mol. The summed E-state index contributed by atoms with van der Waals surface area (Å²) in [4.78, 5) is 8.39. The predicted molar refractivity (Wildman–Crippen MR) is 71.4 cm³/mol. The molecule has 2 heterocycles. The van der Waals surface area contributed by atoms with E-state index in [4.69, 9.17) is 0 Å². The van der Waals surface area contributed by atoms with Crippen LogP contribution < -0.4 is 5.32 Å². The summed E-state index contributed by atoms with van der Waals surface area (Å²) in [6.45, 7) is 2.89. The van der Waals surface area contributed by atoms with Crippen molar-refractivity contribution in [3.05, 3.63) is 58.6 Å². The van der Waals surface area contributed by atoms with Gasteiger partial charge in [0.25, 0.3) is 0 Å². The first-order valence-corrected chi connectivity index (χ1v) is 6.30. The van der Waals surface area contributed by atoms with Crippen molar-refractivity contribution in [3.63, 3.8) is 0 Å². The standard InChI is InChI=1S/C13H14BrN3/c1-10(11-5-7-15-8-6-11)16-9-12-3-2-4-13(14)17-12/h2-8,10,16H,9H2,1H3/t10-/m1/s1. The maximum atomic E-state index is 4.38. The van der Waals surface area contributed by atoms with Crippen LogP contribution in [-0.4, -0.2) is 9.97 Å². The van der Waals surface area contributed by atoms with Gasteiger partial charge in [-0.1, -0.05) is 6.07 Å². The van der Waals surface area contributed by atoms with Gasteiger partial charge in [-0.15, -0.1) is 0 Å². The van der Waals surface area contributed by atoms with Crippen molar-refractivity contribution in [3.8, 4) is 0 Å². The van der Waals surface area contributed by atoms with Crippen LogP contribution in [0, 0.1) is 0 Å². The summed E-state index contributed by atoms with van der Waals surface area (Å²) >= 11 is 3.37. The van der Waals surface area contributed by atoms with E-state index in [1.807, 2.05) is 42.7 Å². The molecule has 0 fully saturated rings. The predicted octanol–water partition coefficient (Wildman–Crippen LogP) is 3.09. The molecule has 88 valence electrons. The fourth-order valence-corrected chi connectivity index (χ4v) is 1.96. The van der Waals surface area contributed by atoms with Crippen molar-refractivity contribution in [1.82, 2.24) is 15.3 Å². The molecule has 0 aliphatic rings. The second kappa shape index (κ2) is 5.89. The molecule has 0 aliphatic heterocycles. The molecule has 2 aromatic heterocycles. The SMILES string of the molecule is C[C@@H](NCc1cccc(Br)n1)c1ccncc1. The smallest absolute Gasteiger partial charge is 0.106 e. The largest absolute Gasteiger partial charge is 0.305 e. The van der Waals surface area contributed by atoms with Crippen LogP contribution in [0.1, 0.15) is 24.2 Å². The minimum absolute atomic E-state index is 0.291. The first kappa shape index (κ1) is 12.2. The average molecular weight is 292 g/mol. The molecule has 2 aromatic rings. The molecule has 0 spiro atoms. The quantitative estimate of drug-likeness (QED) is 0.880. The van der Waals surface area contributed by atoms with Gasteiger partial charge in [0.1, 0.15) is 4.60 Å². The van der Waals surface area contributed by atoms with Crippen LogP contribution >= 0.6 is 15.9 Å². The summed E-state index contributed by atoms with van der Waals surface area (Å²) in [7, 11) is 0. The van der Waals surface area contributed by atoms with Crippen molar-refractivity contribution in [2.75, 3.05) is 0 Å². The highest BCUT2D eigenvalue weighted by molar-refractivity contribution is 9.10. The van der Waals surface area contributed by atoms with E-state index in [0.717, 1.165) is 16.8 Å². The molecular weight excluding hydrogens is 278 g/mol. The summed E-state index contributed by atoms with van der Waals surface area (Å²) in [5.74, 6) is 0. The minimum atomic E-state index is 0.291. The third-order valence-corrected chi connectivity index (χ3v) is 3.01. The van der Waals surface area contributed by atoms with Crippen LogP contribution in [-0.2, 0) is 6.54 Å². The van der Waals surface area contributed by atoms with Gasteiger partial charge in [0.15, 0.2) is 0 Å². The zero-order valence-electron chi connectivity index (χ0n) is 9.60. The Morgan fingerprint density at radius 1 is 1.24 bits per heavy atom. The zero-order chi connectivity index (χ0) is 12.1. The van der Waals surface area contributed by atoms with Gasteiger partial charge in [0.2, 0.25) is 0 Å². The Bertz CT molecular complexity index is 473. The number of nitrogens with zero attached hydrogens (tertiary/aromatic N) is 2. The third kappa shape index (κ3) is 3.61. The van der Waals surface area contributed by atoms with Crippen molar-refractivity contribution in [2.24, 2.45) is 0 Å². The summed E-state index contributed by atoms with van der Waals surface area (Å²) in [5.41, 5.74) is 2.26. The van der Waals surface area contributed by atoms with Crippen LogP contribution in [0.25, 0.3) is 0 Å². The number of hydrogen-bond acceptors (Lipinski definition) is 3. The molecule has 1 atom stereocenters. The van der Waals surface area contributed by atoms with Gasteiger partial charge in [-0.3, -0.25) is 4.98 Å². The van der Waals surface area contributed by atoms with E-state index >= 15 is 0 Å². The molecule has 0 radical (unpaired) electrons. The highest BCUT2D eigenvalue weighted by Gasteiger charge is 2.04. The highest BCUT2D eigenvalue weighted by Crippen LogP contribution is 2.12. The van der Waals surface area contributed by atoms with E-state index in [-0.39, 0.29) is 0 Å². The van der Waals surface area contributed by atoms with E-state index in [1.54, 1.807) is 0 Å². The Kier molecular flexibility index (Phi) is 4.23. The van der Waals surface area contributed by atoms with E-state index in [2.05, 4.69) is 38.1 Å². The van der Waals surface area contributed by atoms with E-state index in [0.29, 0.717) is 6.04 Å². The second-order valence-electron chi connectivity index (χ2n) is 3.83. The lowest BCUT2D eigenvalue weighted by Crippen LogP contribution is -2.18. The summed E-state index contributed by atoms with van der Waals surface area (Å²) < 4.78 is 0.869. The van der Waals surface area contributed by atoms with E-state index < -0.39 is 0 Å². The molecule has 17 heavy (non-hydrogen) atoms. The Balaban J connectivity index is 1.95. The van der Waals surface area contributed by atoms with Crippen molar-refractivity contribution in [1.29, 1.82) is 0 Å². The van der Waals surface area contributed by atoms with Crippen LogP contribution in [0.4, 0.5) is 0 Å². The Morgan fingerprint density at radius 3 is 2.71 bits per heavy atom. The van der Waals surface area contributed by atoms with Crippen molar-refractivity contribution < 1.29 is 0 Å². The second-order valence-corrected chi connectivity index (χ2v) is 4.65. The maximum Gasteiger partial charge on any atom is 0.106 e. The molecule has 0 aliphatic carbocycles. The number of hydrogen-bond donors (Lipinski definition) is 1. The number of pyridine rings is 2. The fraction of sp³-hybridized carbons (Fsp3) is 0.231. The molecule has 4 heteroatoms. The number of aromatic nitrogens is 2. The molecular formula is C13H14BrN3. The number of nitrogens with one attached hydrogen (secondary N) is 1. The summed E-state index contributed by atoms with van der Waals surface area (Å²) in [6, 6.07) is 10.3. The molecule has 0 aromatic carbocycles. The zero-order valence-corrected chi connectivity index (χ0v) is 11.2. The first-order chi connectivity index (χ1) is 8.25. The summed E-state index contributed by atoms with van der Waals surface area (Å²) in [5, 5.41) is 3.43. The van der Waals surface area contributed by atoms with E-state index in [9.17, 15) is 0 Å². The van der Waals surface area contributed by atoms with Gasteiger partial charge in [0.05, 0.1) is 5.69 Å². The number of rotatable bonds is 4. The van der Waals surface area contributed by atoms with Gasteiger partial charge in [0, 0.05) is 25.0 Å². The summed E-state index contributed by atoms with van der Waals surface area (Å²) in [6.07, 6.45) is 3.62. The molecule has 0 bridgehead atoms. The van der Waals surface area contributed by atoms with Crippen molar-refractivity contribution >= 4 is 15.9 Å². The molecule has 1 N–H and O–H groups in total. The third-order valence-electron chi connectivity index (χ3n) is 2.57. The van der Waals surface area contributed by atoms with Gasteiger partial charge < -0.3 is 5.32 Å². The lowest BCUT2D eigenvalue weighted by Gasteiger charge is -2.13. The molecule has 2 rings (SSSR count). The topological polar surface area (TPSA) is 37.8 Å². The first-order valence-electron chi connectivity index (χ1n) is 5.50.